The van der Waals surface area contributed by atoms with Crippen LogP contribution in [0.15, 0.2) is 29.2 Å². The van der Waals surface area contributed by atoms with Gasteiger partial charge in [-0.2, -0.15) is 0 Å². The SMILES string of the molecule is [2H]C([2H])(NC(=O)c1cn2c(c(O)c1=O)C(=O)N1[C@@H](OCC[C@@]1([2H])C)C2([2H])[2H])c1ccc(F)cc1F. The number of carbonyl (C=O) groups is 2. The van der Waals surface area contributed by atoms with Crippen molar-refractivity contribution in [1.29, 1.82) is 0 Å². The number of fused-ring (bicyclic) bond motifs is 2. The molecule has 0 spiro atoms. The van der Waals surface area contributed by atoms with Gasteiger partial charge in [-0.3, -0.25) is 14.4 Å². The monoisotopic (exact) mass is 424 g/mol. The second-order valence-electron chi connectivity index (χ2n) is 6.66. The first-order valence-electron chi connectivity index (χ1n) is 11.3. The van der Waals surface area contributed by atoms with Gasteiger partial charge < -0.3 is 24.6 Å². The molecular formula is C20H19F2N3O5. The van der Waals surface area contributed by atoms with Gasteiger partial charge in [-0.05, 0) is 19.4 Å². The van der Waals surface area contributed by atoms with E-state index in [2.05, 4.69) is 0 Å². The van der Waals surface area contributed by atoms with Gasteiger partial charge in [-0.25, -0.2) is 8.78 Å². The molecule has 2 atom stereocenters. The maximum Gasteiger partial charge on any atom is 0.276 e. The van der Waals surface area contributed by atoms with Gasteiger partial charge in [0.1, 0.15) is 17.2 Å². The maximum atomic E-state index is 14.1. The molecule has 0 saturated carbocycles. The fourth-order valence-electron chi connectivity index (χ4n) is 3.17. The molecule has 1 aromatic carbocycles. The smallest absolute Gasteiger partial charge is 0.276 e. The number of aromatic nitrogens is 1. The summed E-state index contributed by atoms with van der Waals surface area (Å²) >= 11 is 0. The van der Waals surface area contributed by atoms with Crippen molar-refractivity contribution in [1.82, 2.24) is 14.8 Å². The largest absolute Gasteiger partial charge is 0.503 e. The van der Waals surface area contributed by atoms with Gasteiger partial charge in [0, 0.05) is 30.3 Å². The minimum atomic E-state index is -2.94. The van der Waals surface area contributed by atoms with Gasteiger partial charge in [0.2, 0.25) is 5.43 Å². The number of benzene rings is 1. The quantitative estimate of drug-likeness (QED) is 0.775. The molecule has 0 aliphatic carbocycles. The van der Waals surface area contributed by atoms with Crippen LogP contribution in [0, 0.1) is 11.6 Å². The second kappa shape index (κ2) is 7.52. The van der Waals surface area contributed by atoms with Crippen LogP contribution in [0.5, 0.6) is 5.75 Å². The van der Waals surface area contributed by atoms with Gasteiger partial charge >= 0.3 is 0 Å². The lowest BCUT2D eigenvalue weighted by Gasteiger charge is -2.44. The Kier molecular flexibility index (Phi) is 3.68. The fraction of sp³-hybridized carbons (Fsp3) is 0.350. The summed E-state index contributed by atoms with van der Waals surface area (Å²) in [7, 11) is 0. The lowest BCUT2D eigenvalue weighted by atomic mass is 10.1. The summed E-state index contributed by atoms with van der Waals surface area (Å²) in [5, 5.41) is 12.3. The first kappa shape index (κ1) is 14.7. The Morgan fingerprint density at radius 3 is 2.97 bits per heavy atom. The van der Waals surface area contributed by atoms with Crippen molar-refractivity contribution >= 4 is 11.8 Å². The number of halogens is 2. The Labute approximate surface area is 176 Å². The molecule has 1 fully saturated rings. The number of amides is 2. The zero-order valence-corrected chi connectivity index (χ0v) is 15.5. The lowest BCUT2D eigenvalue weighted by Crippen LogP contribution is -2.57. The summed E-state index contributed by atoms with van der Waals surface area (Å²) < 4.78 is 74.5. The minimum Gasteiger partial charge on any atom is -0.503 e. The molecule has 1 saturated heterocycles. The van der Waals surface area contributed by atoms with E-state index < -0.39 is 76.7 Å². The Morgan fingerprint density at radius 1 is 1.47 bits per heavy atom. The van der Waals surface area contributed by atoms with E-state index in [4.69, 9.17) is 11.6 Å². The standard InChI is InChI=1S/C20H19F2N3O5/c1-10-4-5-30-15-9-24-8-13(17(26)18(27)16(24)20(29)25(10)15)19(28)23-7-11-2-3-12(21)6-14(11)22/h2-3,6,8,10,15,27H,4-5,7,9H2,1H3,(H,23,28)/t10-,15+/m1/s1/i7D2,9D2,10D. The molecule has 8 nitrogen and oxygen atoms in total. The summed E-state index contributed by atoms with van der Waals surface area (Å²) in [5.41, 5.74) is -3.94. The molecule has 0 radical (unpaired) electrons. The van der Waals surface area contributed by atoms with Crippen LogP contribution in [0.1, 0.15) is 46.6 Å². The molecule has 4 rings (SSSR count). The first-order chi connectivity index (χ1) is 16.1. The van der Waals surface area contributed by atoms with Crippen LogP contribution in [-0.4, -0.2) is 45.2 Å². The van der Waals surface area contributed by atoms with Crippen molar-refractivity contribution in [2.75, 3.05) is 6.61 Å². The van der Waals surface area contributed by atoms with Crippen molar-refractivity contribution in [2.24, 2.45) is 0 Å². The van der Waals surface area contributed by atoms with Crippen LogP contribution in [0.3, 0.4) is 0 Å². The molecule has 0 bridgehead atoms. The maximum absolute atomic E-state index is 14.1. The van der Waals surface area contributed by atoms with Gasteiger partial charge in [-0.1, -0.05) is 6.07 Å². The van der Waals surface area contributed by atoms with Crippen molar-refractivity contribution in [3.63, 3.8) is 0 Å². The van der Waals surface area contributed by atoms with Crippen LogP contribution < -0.4 is 10.7 Å². The highest BCUT2D eigenvalue weighted by atomic mass is 19.1. The number of hydrogen-bond donors (Lipinski definition) is 2. The molecule has 2 amide bonds. The van der Waals surface area contributed by atoms with Gasteiger partial charge in [-0.15, -0.1) is 0 Å². The number of ether oxygens (including phenoxy) is 1. The summed E-state index contributed by atoms with van der Waals surface area (Å²) in [4.78, 5) is 39.4. The summed E-state index contributed by atoms with van der Waals surface area (Å²) in [6.45, 7) is -4.32. The normalized spacial score (nSPS) is 27.6. The molecule has 10 heteroatoms. The molecule has 0 unspecified atom stereocenters. The van der Waals surface area contributed by atoms with E-state index >= 15 is 0 Å². The van der Waals surface area contributed by atoms with Crippen molar-refractivity contribution in [3.05, 3.63) is 63.1 Å². The predicted molar refractivity (Wildman–Crippen MR) is 99.9 cm³/mol. The lowest BCUT2D eigenvalue weighted by molar-refractivity contribution is -0.112. The summed E-state index contributed by atoms with van der Waals surface area (Å²) in [6, 6.07) is 0.298. The summed E-state index contributed by atoms with van der Waals surface area (Å²) in [5.74, 6) is -6.13. The molecule has 2 aromatic rings. The second-order valence-corrected chi connectivity index (χ2v) is 6.66. The molecule has 2 aliphatic heterocycles. The number of carbonyl (C=O) groups excluding carboxylic acids is 2. The van der Waals surface area contributed by atoms with E-state index in [1.165, 1.54) is 6.92 Å². The number of hydrogen-bond acceptors (Lipinski definition) is 5. The summed E-state index contributed by atoms with van der Waals surface area (Å²) in [6.07, 6.45) is -0.972. The average molecular weight is 424 g/mol. The van der Waals surface area contributed by atoms with E-state index in [1.807, 2.05) is 0 Å². The predicted octanol–water partition coefficient (Wildman–Crippen LogP) is 1.35. The van der Waals surface area contributed by atoms with Crippen molar-refractivity contribution < 1.29 is 35.1 Å². The van der Waals surface area contributed by atoms with Crippen molar-refractivity contribution in [3.8, 4) is 5.75 Å². The third-order valence-corrected chi connectivity index (χ3v) is 4.73. The molecule has 3 heterocycles. The third kappa shape index (κ3) is 3.32. The fourth-order valence-corrected chi connectivity index (χ4v) is 3.17. The molecule has 2 aliphatic rings. The highest BCUT2D eigenvalue weighted by Gasteiger charge is 2.41. The number of nitrogens with zero attached hydrogens (tertiary/aromatic N) is 2. The van der Waals surface area contributed by atoms with E-state index in [0.29, 0.717) is 16.8 Å². The minimum absolute atomic E-state index is 0.0336. The van der Waals surface area contributed by atoms with Crippen LogP contribution >= 0.6 is 0 Å². The number of aromatic hydroxyl groups is 1. The van der Waals surface area contributed by atoms with Gasteiger partial charge in [0.05, 0.1) is 20.0 Å². The first-order valence-corrected chi connectivity index (χ1v) is 8.82. The Hall–Kier alpha value is -3.27. The zero-order chi connectivity index (χ0) is 26.1. The highest BCUT2D eigenvalue weighted by molar-refractivity contribution is 5.99. The van der Waals surface area contributed by atoms with E-state index in [0.717, 1.165) is 17.0 Å². The highest BCUT2D eigenvalue weighted by Crippen LogP contribution is 2.29. The molecular weight excluding hydrogens is 400 g/mol. The Bertz CT molecular complexity index is 1320. The van der Waals surface area contributed by atoms with E-state index in [9.17, 15) is 28.3 Å². The van der Waals surface area contributed by atoms with E-state index in [-0.39, 0.29) is 13.0 Å². The van der Waals surface area contributed by atoms with Crippen LogP contribution in [-0.2, 0) is 17.7 Å². The molecule has 2 N–H and O–H groups in total. The van der Waals surface area contributed by atoms with Gasteiger partial charge in [0.15, 0.2) is 17.7 Å². The molecule has 158 valence electrons. The topological polar surface area (TPSA) is 101 Å². The van der Waals surface area contributed by atoms with Gasteiger partial charge in [0.25, 0.3) is 11.8 Å². The van der Waals surface area contributed by atoms with Crippen LogP contribution in [0.25, 0.3) is 0 Å². The average Bonchev–Trinajstić information content (AvgIpc) is 2.72. The molecule has 1 aromatic heterocycles. The number of pyridine rings is 1. The third-order valence-electron chi connectivity index (χ3n) is 4.73. The molecule has 30 heavy (non-hydrogen) atoms. The Balaban J connectivity index is 1.80. The van der Waals surface area contributed by atoms with E-state index in [1.54, 1.807) is 5.32 Å². The van der Waals surface area contributed by atoms with Crippen LogP contribution in [0.2, 0.25) is 0 Å². The van der Waals surface area contributed by atoms with Crippen molar-refractivity contribution in [2.45, 2.75) is 38.6 Å². The Morgan fingerprint density at radius 2 is 2.23 bits per heavy atom. The number of nitrogens with one attached hydrogen (secondary N) is 1. The zero-order valence-electron chi connectivity index (χ0n) is 20.5. The van der Waals surface area contributed by atoms with Crippen LogP contribution in [0.4, 0.5) is 8.78 Å². The number of rotatable bonds is 3.